The lowest BCUT2D eigenvalue weighted by Crippen LogP contribution is -2.13. The average molecular weight is 284 g/mol. The monoisotopic (exact) mass is 284 g/mol. The first-order chi connectivity index (χ1) is 9.21. The minimum Gasteiger partial charge on any atom is -0.478 e. The van der Waals surface area contributed by atoms with Gasteiger partial charge in [0.05, 0.1) is 11.3 Å². The molecule has 106 valence electrons. The Morgan fingerprint density at radius 2 is 1.80 bits per heavy atom. The van der Waals surface area contributed by atoms with Gasteiger partial charge in [0.15, 0.2) is 0 Å². The van der Waals surface area contributed by atoms with Crippen molar-refractivity contribution in [2.24, 2.45) is 7.05 Å². The molecular formula is C13H11F3N2O2. The van der Waals surface area contributed by atoms with Crippen molar-refractivity contribution in [2.75, 3.05) is 0 Å². The second-order valence-electron chi connectivity index (χ2n) is 4.31. The molecule has 0 aliphatic heterocycles. The molecule has 0 bridgehead atoms. The third kappa shape index (κ3) is 2.38. The van der Waals surface area contributed by atoms with Crippen LogP contribution in [0.2, 0.25) is 0 Å². The number of halogens is 3. The maximum Gasteiger partial charge on any atom is 0.433 e. The fourth-order valence-electron chi connectivity index (χ4n) is 2.11. The van der Waals surface area contributed by atoms with Crippen LogP contribution in [0.5, 0.6) is 0 Å². The van der Waals surface area contributed by atoms with E-state index in [0.717, 1.165) is 4.68 Å². The van der Waals surface area contributed by atoms with Crippen molar-refractivity contribution in [3.63, 3.8) is 0 Å². The molecule has 4 nitrogen and oxygen atoms in total. The lowest BCUT2D eigenvalue weighted by atomic mass is 10.0. The van der Waals surface area contributed by atoms with Gasteiger partial charge in [-0.2, -0.15) is 18.3 Å². The summed E-state index contributed by atoms with van der Waals surface area (Å²) in [6.07, 6.45) is -4.53. The average Bonchev–Trinajstić information content (AvgIpc) is 2.64. The minimum atomic E-state index is -4.53. The molecule has 1 aromatic carbocycles. The standard InChI is InChI=1S/C13H11F3N2O2/c1-7-10(11(13(14,15)16)18(2)17-7)8-3-5-9(6-4-8)12(19)20/h3-6H,1-2H3,(H,19,20). The van der Waals surface area contributed by atoms with Crippen LogP contribution < -0.4 is 0 Å². The van der Waals surface area contributed by atoms with E-state index in [1.165, 1.54) is 38.2 Å². The predicted molar refractivity (Wildman–Crippen MR) is 65.3 cm³/mol. The van der Waals surface area contributed by atoms with Gasteiger partial charge in [0.25, 0.3) is 0 Å². The highest BCUT2D eigenvalue weighted by Crippen LogP contribution is 2.38. The molecular weight excluding hydrogens is 273 g/mol. The molecule has 0 radical (unpaired) electrons. The lowest BCUT2D eigenvalue weighted by molar-refractivity contribution is -0.143. The van der Waals surface area contributed by atoms with Crippen LogP contribution in [0.1, 0.15) is 21.7 Å². The molecule has 0 amide bonds. The van der Waals surface area contributed by atoms with Crippen LogP contribution in [0.25, 0.3) is 11.1 Å². The summed E-state index contributed by atoms with van der Waals surface area (Å²) in [5.41, 5.74) is -0.338. The highest BCUT2D eigenvalue weighted by atomic mass is 19.4. The molecule has 0 fully saturated rings. The van der Waals surface area contributed by atoms with Crippen molar-refractivity contribution >= 4 is 5.97 Å². The van der Waals surface area contributed by atoms with Gasteiger partial charge in [-0.1, -0.05) is 12.1 Å². The van der Waals surface area contributed by atoms with Gasteiger partial charge >= 0.3 is 12.1 Å². The molecule has 1 heterocycles. The van der Waals surface area contributed by atoms with Crippen molar-refractivity contribution in [3.8, 4) is 11.1 Å². The fourth-order valence-corrected chi connectivity index (χ4v) is 2.11. The smallest absolute Gasteiger partial charge is 0.433 e. The van der Waals surface area contributed by atoms with E-state index in [4.69, 9.17) is 5.11 Å². The van der Waals surface area contributed by atoms with Gasteiger partial charge in [-0.05, 0) is 24.6 Å². The first-order valence-electron chi connectivity index (χ1n) is 5.66. The molecule has 0 aliphatic rings. The topological polar surface area (TPSA) is 55.1 Å². The van der Waals surface area contributed by atoms with Crippen molar-refractivity contribution in [2.45, 2.75) is 13.1 Å². The van der Waals surface area contributed by atoms with Gasteiger partial charge in [0, 0.05) is 12.6 Å². The van der Waals surface area contributed by atoms with E-state index in [1.807, 2.05) is 0 Å². The van der Waals surface area contributed by atoms with Crippen LogP contribution >= 0.6 is 0 Å². The number of carboxylic acid groups (broad SMARTS) is 1. The van der Waals surface area contributed by atoms with Crippen LogP contribution in [0.15, 0.2) is 24.3 Å². The van der Waals surface area contributed by atoms with Gasteiger partial charge in [-0.3, -0.25) is 4.68 Å². The second-order valence-corrected chi connectivity index (χ2v) is 4.31. The van der Waals surface area contributed by atoms with Crippen LogP contribution in [0.4, 0.5) is 13.2 Å². The second kappa shape index (κ2) is 4.66. The highest BCUT2D eigenvalue weighted by Gasteiger charge is 2.38. The number of alkyl halides is 3. The van der Waals surface area contributed by atoms with Gasteiger partial charge in [0.1, 0.15) is 5.69 Å². The number of hydrogen-bond acceptors (Lipinski definition) is 2. The maximum atomic E-state index is 13.1. The molecule has 1 aromatic heterocycles. The Labute approximate surface area is 112 Å². The predicted octanol–water partition coefficient (Wildman–Crippen LogP) is 3.11. The summed E-state index contributed by atoms with van der Waals surface area (Å²) in [5, 5.41) is 12.6. The Morgan fingerprint density at radius 3 is 2.25 bits per heavy atom. The normalized spacial score (nSPS) is 11.7. The molecule has 20 heavy (non-hydrogen) atoms. The van der Waals surface area contributed by atoms with Crippen LogP contribution in [-0.4, -0.2) is 20.9 Å². The molecule has 0 aliphatic carbocycles. The summed E-state index contributed by atoms with van der Waals surface area (Å²) in [5.74, 6) is -1.13. The zero-order valence-corrected chi connectivity index (χ0v) is 10.7. The van der Waals surface area contributed by atoms with Crippen LogP contribution in [0, 0.1) is 6.92 Å². The van der Waals surface area contributed by atoms with Gasteiger partial charge in [-0.25, -0.2) is 4.79 Å². The third-order valence-corrected chi connectivity index (χ3v) is 2.91. The summed E-state index contributed by atoms with van der Waals surface area (Å²) in [6, 6.07) is 5.24. The molecule has 0 atom stereocenters. The molecule has 0 saturated heterocycles. The number of aromatic carboxylic acids is 1. The third-order valence-electron chi connectivity index (χ3n) is 2.91. The van der Waals surface area contributed by atoms with Crippen molar-refractivity contribution in [1.82, 2.24) is 9.78 Å². The van der Waals surface area contributed by atoms with E-state index in [0.29, 0.717) is 0 Å². The number of carboxylic acids is 1. The van der Waals surface area contributed by atoms with E-state index < -0.39 is 17.8 Å². The van der Waals surface area contributed by atoms with E-state index in [9.17, 15) is 18.0 Å². The van der Waals surface area contributed by atoms with E-state index in [-0.39, 0.29) is 22.4 Å². The molecule has 2 rings (SSSR count). The number of nitrogens with zero attached hydrogens (tertiary/aromatic N) is 2. The Morgan fingerprint density at radius 1 is 1.25 bits per heavy atom. The summed E-state index contributed by atoms with van der Waals surface area (Å²) in [4.78, 5) is 10.7. The number of benzene rings is 1. The summed E-state index contributed by atoms with van der Waals surface area (Å²) >= 11 is 0. The van der Waals surface area contributed by atoms with Crippen LogP contribution in [-0.2, 0) is 13.2 Å². The largest absolute Gasteiger partial charge is 0.478 e. The van der Waals surface area contributed by atoms with Gasteiger partial charge in [0.2, 0.25) is 0 Å². The van der Waals surface area contributed by atoms with E-state index in [2.05, 4.69) is 5.10 Å². The summed E-state index contributed by atoms with van der Waals surface area (Å²) in [7, 11) is 1.23. The van der Waals surface area contributed by atoms with Crippen molar-refractivity contribution < 1.29 is 23.1 Å². The zero-order valence-electron chi connectivity index (χ0n) is 10.7. The van der Waals surface area contributed by atoms with E-state index in [1.54, 1.807) is 0 Å². The molecule has 0 saturated carbocycles. The number of aryl methyl sites for hydroxylation is 2. The number of carbonyl (C=O) groups is 1. The van der Waals surface area contributed by atoms with Gasteiger partial charge < -0.3 is 5.11 Å². The zero-order chi connectivity index (χ0) is 15.1. The summed E-state index contributed by atoms with van der Waals surface area (Å²) in [6.45, 7) is 1.48. The number of hydrogen-bond donors (Lipinski definition) is 1. The Kier molecular flexibility index (Phi) is 3.29. The Hall–Kier alpha value is -2.31. The minimum absolute atomic E-state index is 0.0175. The lowest BCUT2D eigenvalue weighted by Gasteiger charge is -2.10. The molecule has 0 unspecified atom stereocenters. The SMILES string of the molecule is Cc1nn(C)c(C(F)(F)F)c1-c1ccc(C(=O)O)cc1. The van der Waals surface area contributed by atoms with Crippen molar-refractivity contribution in [1.29, 1.82) is 0 Å². The number of rotatable bonds is 2. The Bertz CT molecular complexity index is 657. The first kappa shape index (κ1) is 14.1. The maximum absolute atomic E-state index is 13.1. The fraction of sp³-hybridized carbons (Fsp3) is 0.231. The quantitative estimate of drug-likeness (QED) is 0.921. The molecule has 0 spiro atoms. The molecule has 1 N–H and O–H groups in total. The Balaban J connectivity index is 2.61. The molecule has 7 heteroatoms. The van der Waals surface area contributed by atoms with Crippen molar-refractivity contribution in [3.05, 3.63) is 41.2 Å². The van der Waals surface area contributed by atoms with E-state index >= 15 is 0 Å². The van der Waals surface area contributed by atoms with Crippen LogP contribution in [0.3, 0.4) is 0 Å². The first-order valence-corrected chi connectivity index (χ1v) is 5.66. The molecule has 2 aromatic rings. The summed E-state index contributed by atoms with van der Waals surface area (Å²) < 4.78 is 40.0. The van der Waals surface area contributed by atoms with Gasteiger partial charge in [-0.15, -0.1) is 0 Å². The number of aromatic nitrogens is 2. The highest BCUT2D eigenvalue weighted by molar-refractivity contribution is 5.88.